The second kappa shape index (κ2) is 6.27. The van der Waals surface area contributed by atoms with E-state index in [1.165, 1.54) is 17.5 Å². The molecule has 0 aliphatic heterocycles. The van der Waals surface area contributed by atoms with Gasteiger partial charge in [0, 0.05) is 17.9 Å². The largest absolute Gasteiger partial charge is 0.369 e. The molecule has 1 amide bonds. The predicted octanol–water partition coefficient (Wildman–Crippen LogP) is 2.94. The van der Waals surface area contributed by atoms with Crippen molar-refractivity contribution < 1.29 is 4.79 Å². The molecule has 1 rings (SSSR count). The topological polar surface area (TPSA) is 60.9 Å². The van der Waals surface area contributed by atoms with E-state index in [1.807, 2.05) is 13.1 Å². The fourth-order valence-electron chi connectivity index (χ4n) is 1.86. The lowest BCUT2D eigenvalue weighted by molar-refractivity contribution is -0.117. The summed E-state index contributed by atoms with van der Waals surface area (Å²) in [6.07, 6.45) is 2.63. The van der Waals surface area contributed by atoms with E-state index in [-0.39, 0.29) is 11.2 Å². The van der Waals surface area contributed by atoms with Crippen molar-refractivity contribution in [3.8, 4) is 0 Å². The second-order valence-corrected chi connectivity index (χ2v) is 6.17. The molecule has 1 aromatic heterocycles. The van der Waals surface area contributed by atoms with Gasteiger partial charge >= 0.3 is 0 Å². The van der Waals surface area contributed by atoms with E-state index >= 15 is 0 Å². The summed E-state index contributed by atoms with van der Waals surface area (Å²) in [5.41, 5.74) is 6.59. The van der Waals surface area contributed by atoms with E-state index in [1.54, 1.807) is 0 Å². The highest BCUT2D eigenvalue weighted by molar-refractivity contribution is 8.00. The Morgan fingerprint density at radius 1 is 1.44 bits per heavy atom. The smallest absolute Gasteiger partial charge is 0.231 e. The van der Waals surface area contributed by atoms with Crippen LogP contribution in [0.3, 0.4) is 0 Å². The minimum absolute atomic E-state index is 0.204. The average molecular weight is 269 g/mol. The zero-order valence-corrected chi connectivity index (χ0v) is 12.6. The van der Waals surface area contributed by atoms with E-state index < -0.39 is 0 Å². The molecule has 2 N–H and O–H groups in total. The number of rotatable bonds is 6. The molecule has 4 nitrogen and oxygen atoms in total. The van der Waals surface area contributed by atoms with Gasteiger partial charge in [-0.05, 0) is 26.2 Å². The van der Waals surface area contributed by atoms with E-state index in [4.69, 9.17) is 5.73 Å². The minimum atomic E-state index is -0.271. The Balaban J connectivity index is 3.06. The summed E-state index contributed by atoms with van der Waals surface area (Å²) in [6.45, 7) is 10.5. The molecule has 0 spiro atoms. The molecule has 5 heteroatoms. The molecule has 1 heterocycles. The number of amides is 1. The van der Waals surface area contributed by atoms with Crippen LogP contribution in [-0.2, 0) is 4.79 Å². The number of hydrogen-bond donors (Lipinski definition) is 1. The van der Waals surface area contributed by atoms with Crippen molar-refractivity contribution in [3.05, 3.63) is 11.9 Å². The highest BCUT2D eigenvalue weighted by Gasteiger charge is 2.21. The lowest BCUT2D eigenvalue weighted by atomic mass is 10.1. The maximum Gasteiger partial charge on any atom is 0.231 e. The van der Waals surface area contributed by atoms with Gasteiger partial charge in [-0.15, -0.1) is 0 Å². The molecule has 0 bridgehead atoms. The van der Waals surface area contributed by atoms with Crippen molar-refractivity contribution in [3.63, 3.8) is 0 Å². The van der Waals surface area contributed by atoms with Crippen LogP contribution in [-0.4, -0.2) is 20.7 Å². The van der Waals surface area contributed by atoms with E-state index in [9.17, 15) is 4.79 Å². The van der Waals surface area contributed by atoms with Crippen LogP contribution in [0, 0.1) is 0 Å². The molecule has 0 aromatic carbocycles. The zero-order valence-electron chi connectivity index (χ0n) is 11.8. The molecule has 0 saturated heterocycles. The van der Waals surface area contributed by atoms with Crippen LogP contribution in [0.1, 0.15) is 58.7 Å². The summed E-state index contributed by atoms with van der Waals surface area (Å²) in [7, 11) is 0. The van der Waals surface area contributed by atoms with Gasteiger partial charge in [-0.1, -0.05) is 32.5 Å². The van der Waals surface area contributed by atoms with Crippen molar-refractivity contribution in [2.75, 3.05) is 0 Å². The highest BCUT2D eigenvalue weighted by atomic mass is 32.2. The van der Waals surface area contributed by atoms with E-state index in [0.29, 0.717) is 12.0 Å². The zero-order chi connectivity index (χ0) is 13.9. The Morgan fingerprint density at radius 2 is 2.06 bits per heavy atom. The lowest BCUT2D eigenvalue weighted by Crippen LogP contribution is -2.25. The Kier molecular flexibility index (Phi) is 5.26. The van der Waals surface area contributed by atoms with Crippen molar-refractivity contribution in [2.45, 2.75) is 63.4 Å². The van der Waals surface area contributed by atoms with Crippen LogP contribution in [0.25, 0.3) is 0 Å². The molecule has 0 unspecified atom stereocenters. The molecule has 0 fully saturated rings. The summed E-state index contributed by atoms with van der Waals surface area (Å²) in [5, 5.41) is 0.685. The van der Waals surface area contributed by atoms with Gasteiger partial charge in [0.2, 0.25) is 5.91 Å². The van der Waals surface area contributed by atoms with Gasteiger partial charge in [-0.25, -0.2) is 4.98 Å². The number of imidazole rings is 1. The fraction of sp³-hybridized carbons (Fsp3) is 0.692. The van der Waals surface area contributed by atoms with Crippen LogP contribution in [0.15, 0.2) is 11.4 Å². The molecule has 1 atom stereocenters. The summed E-state index contributed by atoms with van der Waals surface area (Å²) in [5.74, 6) is 0.148. The molecule has 18 heavy (non-hydrogen) atoms. The number of aromatic nitrogens is 2. The third-order valence-electron chi connectivity index (χ3n) is 2.84. The number of hydrogen-bond acceptors (Lipinski definition) is 3. The normalized spacial score (nSPS) is 13.3. The van der Waals surface area contributed by atoms with Gasteiger partial charge in [-0.3, -0.25) is 4.79 Å². The number of nitrogens with two attached hydrogens (primary N) is 1. The standard InChI is InChI=1S/C13H23N3OS/c1-6-11(12(14)17)18-13-15-7-10(8(2)3)16(13)9(4)5/h7-9,11H,6H2,1-5H3,(H2,14,17)/t11-/m1/s1. The summed E-state index contributed by atoms with van der Waals surface area (Å²) in [6, 6.07) is 0.331. The average Bonchev–Trinajstić information content (AvgIpc) is 2.68. The van der Waals surface area contributed by atoms with Crippen molar-refractivity contribution in [1.29, 1.82) is 0 Å². The van der Waals surface area contributed by atoms with Crippen LogP contribution < -0.4 is 5.73 Å². The van der Waals surface area contributed by atoms with E-state index in [0.717, 1.165) is 11.6 Å². The molecule has 102 valence electrons. The van der Waals surface area contributed by atoms with Gasteiger partial charge in [0.25, 0.3) is 0 Å². The fourth-order valence-corrected chi connectivity index (χ4v) is 2.94. The molecule has 0 radical (unpaired) electrons. The molecule has 0 saturated carbocycles. The molecule has 0 aliphatic rings. The van der Waals surface area contributed by atoms with E-state index in [2.05, 4.69) is 37.2 Å². The van der Waals surface area contributed by atoms with Crippen LogP contribution in [0.5, 0.6) is 0 Å². The maximum absolute atomic E-state index is 11.3. The Bertz CT molecular complexity index is 412. The first-order chi connectivity index (χ1) is 8.38. The number of carbonyl (C=O) groups is 1. The predicted molar refractivity (Wildman–Crippen MR) is 75.8 cm³/mol. The number of primary amides is 1. The second-order valence-electron chi connectivity index (χ2n) is 5.00. The minimum Gasteiger partial charge on any atom is -0.369 e. The number of nitrogens with zero attached hydrogens (tertiary/aromatic N) is 2. The number of carbonyl (C=O) groups excluding carboxylic acids is 1. The van der Waals surface area contributed by atoms with Gasteiger partial charge in [0.15, 0.2) is 5.16 Å². The van der Waals surface area contributed by atoms with Gasteiger partial charge in [0.1, 0.15) is 0 Å². The molecular weight excluding hydrogens is 246 g/mol. The molecule has 1 aromatic rings. The summed E-state index contributed by atoms with van der Waals surface area (Å²) < 4.78 is 2.20. The maximum atomic E-state index is 11.3. The van der Waals surface area contributed by atoms with Crippen LogP contribution in [0.4, 0.5) is 0 Å². The first kappa shape index (κ1) is 15.1. The number of thioether (sulfide) groups is 1. The van der Waals surface area contributed by atoms with Crippen molar-refractivity contribution in [1.82, 2.24) is 9.55 Å². The van der Waals surface area contributed by atoms with Crippen LogP contribution >= 0.6 is 11.8 Å². The first-order valence-corrected chi connectivity index (χ1v) is 7.29. The Labute approximate surface area is 113 Å². The molecule has 0 aliphatic carbocycles. The highest BCUT2D eigenvalue weighted by Crippen LogP contribution is 2.30. The van der Waals surface area contributed by atoms with Crippen LogP contribution in [0.2, 0.25) is 0 Å². The molecular formula is C13H23N3OS. The van der Waals surface area contributed by atoms with Gasteiger partial charge in [0.05, 0.1) is 5.25 Å². The third-order valence-corrected chi connectivity index (χ3v) is 4.20. The van der Waals surface area contributed by atoms with Gasteiger partial charge in [-0.2, -0.15) is 0 Å². The van der Waals surface area contributed by atoms with Gasteiger partial charge < -0.3 is 10.3 Å². The SMILES string of the molecule is CC[C@@H](Sc1ncc(C(C)C)n1C(C)C)C(N)=O. The third kappa shape index (κ3) is 3.28. The first-order valence-electron chi connectivity index (χ1n) is 6.41. The van der Waals surface area contributed by atoms with Crippen molar-refractivity contribution in [2.24, 2.45) is 5.73 Å². The Hall–Kier alpha value is -0.970. The lowest BCUT2D eigenvalue weighted by Gasteiger charge is -2.18. The van der Waals surface area contributed by atoms with Crippen molar-refractivity contribution >= 4 is 17.7 Å². The Morgan fingerprint density at radius 3 is 2.44 bits per heavy atom. The quantitative estimate of drug-likeness (QED) is 0.808. The summed E-state index contributed by atoms with van der Waals surface area (Å²) in [4.78, 5) is 15.8. The monoisotopic (exact) mass is 269 g/mol. The summed E-state index contributed by atoms with van der Waals surface area (Å²) >= 11 is 1.47.